The maximum Gasteiger partial charge on any atom is 0.200 e. The van der Waals surface area contributed by atoms with E-state index in [1.54, 1.807) is 0 Å². The van der Waals surface area contributed by atoms with Crippen LogP contribution >= 0.6 is 0 Å². The lowest BCUT2D eigenvalue weighted by atomic mass is 9.88. The average Bonchev–Trinajstić information content (AvgIpc) is 2.78. The molecular weight excluding hydrogens is 428 g/mol. The molecule has 11 nitrogen and oxygen atoms in total. The summed E-state index contributed by atoms with van der Waals surface area (Å²) in [5.74, 6) is -2.73. The van der Waals surface area contributed by atoms with E-state index >= 15 is 0 Å². The van der Waals surface area contributed by atoms with Crippen molar-refractivity contribution in [3.8, 4) is 28.7 Å². The van der Waals surface area contributed by atoms with Crippen LogP contribution in [-0.4, -0.2) is 86.8 Å². The number of hydrogen-bond donors (Lipinski definition) is 7. The second-order valence-electron chi connectivity index (χ2n) is 7.20. The van der Waals surface area contributed by atoms with Gasteiger partial charge in [0.2, 0.25) is 5.78 Å². The molecule has 0 aromatic heterocycles. The number of aliphatic hydroxyl groups excluding tert-OH is 4. The molecule has 1 saturated heterocycles. The lowest BCUT2D eigenvalue weighted by Gasteiger charge is -2.40. The quantitative estimate of drug-likeness (QED) is 0.282. The first-order valence-corrected chi connectivity index (χ1v) is 9.51. The Morgan fingerprint density at radius 3 is 2.19 bits per heavy atom. The molecule has 0 radical (unpaired) electrons. The largest absolute Gasteiger partial charge is 0.507 e. The first kappa shape index (κ1) is 23.6. The van der Waals surface area contributed by atoms with E-state index in [2.05, 4.69) is 0 Å². The van der Waals surface area contributed by atoms with Crippen LogP contribution in [0, 0.1) is 0 Å². The third-order valence-electron chi connectivity index (χ3n) is 5.35. The average molecular weight is 452 g/mol. The minimum Gasteiger partial charge on any atom is -0.507 e. The van der Waals surface area contributed by atoms with Crippen LogP contribution in [0.4, 0.5) is 0 Å². The van der Waals surface area contributed by atoms with Crippen molar-refractivity contribution in [2.75, 3.05) is 20.8 Å². The summed E-state index contributed by atoms with van der Waals surface area (Å²) < 4.78 is 15.6. The van der Waals surface area contributed by atoms with E-state index < -0.39 is 60.0 Å². The third-order valence-corrected chi connectivity index (χ3v) is 5.35. The number of rotatable bonds is 6. The van der Waals surface area contributed by atoms with Gasteiger partial charge in [-0.25, -0.2) is 0 Å². The normalized spacial score (nSPS) is 25.4. The van der Waals surface area contributed by atoms with Crippen molar-refractivity contribution in [2.24, 2.45) is 0 Å². The standard InChI is InChI=1S/C21H24O11/c1-30-11-5-8(3-4-9(11)23)16(25)14-10(24)6-12(31-2)15(18(14)27)21-20(29)19(28)17(26)13(7-22)32-21/h3-6,13,17,19-24,26-29H,7H2,1-2H3. The number of phenols is 3. The van der Waals surface area contributed by atoms with E-state index in [-0.39, 0.29) is 28.4 Å². The Morgan fingerprint density at radius 2 is 1.59 bits per heavy atom. The van der Waals surface area contributed by atoms with Crippen LogP contribution < -0.4 is 9.47 Å². The highest BCUT2D eigenvalue weighted by Crippen LogP contribution is 2.47. The molecular formula is C21H24O11. The second-order valence-corrected chi connectivity index (χ2v) is 7.20. The van der Waals surface area contributed by atoms with Gasteiger partial charge in [-0.1, -0.05) is 0 Å². The summed E-state index contributed by atoms with van der Waals surface area (Å²) in [6.45, 7) is -0.707. The minimum absolute atomic E-state index is 0.0162. The number of hydrogen-bond acceptors (Lipinski definition) is 11. The van der Waals surface area contributed by atoms with Crippen LogP contribution in [0.5, 0.6) is 28.7 Å². The molecule has 0 spiro atoms. The van der Waals surface area contributed by atoms with Crippen LogP contribution in [0.25, 0.3) is 0 Å². The van der Waals surface area contributed by atoms with E-state index in [1.807, 2.05) is 0 Å². The Hall–Kier alpha value is -3.09. The number of phenolic OH excluding ortho intramolecular Hbond substituents is 3. The Balaban J connectivity index is 2.15. The van der Waals surface area contributed by atoms with Gasteiger partial charge in [0.05, 0.1) is 26.4 Å². The smallest absolute Gasteiger partial charge is 0.200 e. The van der Waals surface area contributed by atoms with Crippen LogP contribution in [0.2, 0.25) is 0 Å². The molecule has 7 N–H and O–H groups in total. The fourth-order valence-corrected chi connectivity index (χ4v) is 3.62. The van der Waals surface area contributed by atoms with Gasteiger partial charge in [0.15, 0.2) is 11.5 Å². The Kier molecular flexibility index (Phi) is 6.77. The number of ketones is 1. The SMILES string of the molecule is COc1cc(C(=O)c2c(O)cc(OC)c(C3OC(CO)C(O)C(O)C3O)c2O)ccc1O. The summed E-state index contributed by atoms with van der Waals surface area (Å²) in [6, 6.07) is 4.66. The van der Waals surface area contributed by atoms with Crippen molar-refractivity contribution in [1.82, 2.24) is 0 Å². The van der Waals surface area contributed by atoms with Gasteiger partial charge in [0.25, 0.3) is 0 Å². The number of aliphatic hydroxyl groups is 4. The topological polar surface area (TPSA) is 186 Å². The Bertz CT molecular complexity index is 1000. The van der Waals surface area contributed by atoms with Crippen molar-refractivity contribution >= 4 is 5.78 Å². The van der Waals surface area contributed by atoms with Crippen LogP contribution in [0.3, 0.4) is 0 Å². The first-order chi connectivity index (χ1) is 15.2. The number of carbonyl (C=O) groups is 1. The molecule has 32 heavy (non-hydrogen) atoms. The highest BCUT2D eigenvalue weighted by atomic mass is 16.5. The molecule has 1 aliphatic heterocycles. The van der Waals surface area contributed by atoms with Gasteiger partial charge in [-0.2, -0.15) is 0 Å². The van der Waals surface area contributed by atoms with Gasteiger partial charge in [-0.3, -0.25) is 4.79 Å². The Labute approximate surface area is 182 Å². The Morgan fingerprint density at radius 1 is 0.938 bits per heavy atom. The zero-order chi connectivity index (χ0) is 23.7. The summed E-state index contributed by atoms with van der Waals surface area (Å²) in [4.78, 5) is 13.1. The molecule has 3 rings (SSSR count). The predicted octanol–water partition coefficient (Wildman–Crippen LogP) is -0.434. The number of aromatic hydroxyl groups is 3. The highest BCUT2D eigenvalue weighted by Gasteiger charge is 2.46. The molecule has 5 unspecified atom stereocenters. The number of methoxy groups -OCH3 is 2. The van der Waals surface area contributed by atoms with E-state index in [9.17, 15) is 40.5 Å². The van der Waals surface area contributed by atoms with Crippen molar-refractivity contribution in [3.05, 3.63) is 41.0 Å². The highest BCUT2D eigenvalue weighted by molar-refractivity contribution is 6.13. The maximum atomic E-state index is 13.1. The number of carbonyl (C=O) groups excluding carboxylic acids is 1. The fourth-order valence-electron chi connectivity index (χ4n) is 3.62. The summed E-state index contributed by atoms with van der Waals surface area (Å²) in [6.07, 6.45) is -7.96. The van der Waals surface area contributed by atoms with Gasteiger partial charge >= 0.3 is 0 Å². The van der Waals surface area contributed by atoms with Crippen LogP contribution in [0.15, 0.2) is 24.3 Å². The molecule has 1 fully saturated rings. The van der Waals surface area contributed by atoms with Gasteiger partial charge in [0, 0.05) is 11.6 Å². The third kappa shape index (κ3) is 3.92. The molecule has 174 valence electrons. The van der Waals surface area contributed by atoms with E-state index in [0.717, 1.165) is 6.07 Å². The second kappa shape index (κ2) is 9.18. The lowest BCUT2D eigenvalue weighted by Crippen LogP contribution is -2.55. The van der Waals surface area contributed by atoms with E-state index in [4.69, 9.17) is 14.2 Å². The van der Waals surface area contributed by atoms with Gasteiger partial charge in [-0.05, 0) is 18.2 Å². The van der Waals surface area contributed by atoms with Gasteiger partial charge < -0.3 is 50.0 Å². The molecule has 2 aromatic carbocycles. The van der Waals surface area contributed by atoms with E-state index in [0.29, 0.717) is 0 Å². The number of ether oxygens (including phenoxy) is 3. The molecule has 11 heteroatoms. The molecule has 0 bridgehead atoms. The summed E-state index contributed by atoms with van der Waals surface area (Å²) >= 11 is 0. The predicted molar refractivity (Wildman–Crippen MR) is 107 cm³/mol. The molecule has 0 aliphatic carbocycles. The molecule has 2 aromatic rings. The summed E-state index contributed by atoms with van der Waals surface area (Å²) in [5.41, 5.74) is -0.892. The molecule has 1 heterocycles. The molecule has 0 saturated carbocycles. The van der Waals surface area contributed by atoms with Crippen molar-refractivity contribution in [3.63, 3.8) is 0 Å². The monoisotopic (exact) mass is 452 g/mol. The minimum atomic E-state index is -1.77. The van der Waals surface area contributed by atoms with Crippen LogP contribution in [0.1, 0.15) is 27.6 Å². The molecule has 5 atom stereocenters. The van der Waals surface area contributed by atoms with E-state index in [1.165, 1.54) is 32.4 Å². The van der Waals surface area contributed by atoms with Crippen molar-refractivity contribution in [2.45, 2.75) is 30.5 Å². The van der Waals surface area contributed by atoms with Crippen molar-refractivity contribution < 1.29 is 54.8 Å². The van der Waals surface area contributed by atoms with Gasteiger partial charge in [-0.15, -0.1) is 0 Å². The lowest BCUT2D eigenvalue weighted by molar-refractivity contribution is -0.232. The molecule has 1 aliphatic rings. The zero-order valence-electron chi connectivity index (χ0n) is 17.2. The fraction of sp³-hybridized carbons (Fsp3) is 0.381. The van der Waals surface area contributed by atoms with Crippen molar-refractivity contribution in [1.29, 1.82) is 0 Å². The number of benzene rings is 2. The summed E-state index contributed by atoms with van der Waals surface area (Å²) in [7, 11) is 2.48. The first-order valence-electron chi connectivity index (χ1n) is 9.51. The van der Waals surface area contributed by atoms with Crippen LogP contribution in [-0.2, 0) is 4.74 Å². The summed E-state index contributed by atoms with van der Waals surface area (Å²) in [5, 5.41) is 71.1. The van der Waals surface area contributed by atoms with Gasteiger partial charge in [0.1, 0.15) is 53.3 Å². The maximum absolute atomic E-state index is 13.1. The molecule has 0 amide bonds. The zero-order valence-corrected chi connectivity index (χ0v) is 17.2.